The van der Waals surface area contributed by atoms with Gasteiger partial charge in [-0.2, -0.15) is 0 Å². The topological polar surface area (TPSA) is 123 Å². The van der Waals surface area contributed by atoms with Crippen molar-refractivity contribution in [1.82, 2.24) is 25.5 Å². The molecule has 0 spiro atoms. The minimum atomic E-state index is -0.800. The number of urea groups is 1. The maximum absolute atomic E-state index is 13.5. The SMILES string of the molecule is CC(C)c1nc(CN(C)C(=O)N[C@H](C(=O)C[C@@H](C)CC[C@H](C)NC(=O)OCc2cncs2)C(C)OC(C)(C)C)cs1. The molecule has 0 radical (unpaired) electrons. The quantitative estimate of drug-likeness (QED) is 0.249. The normalized spacial score (nSPS) is 14.7. The van der Waals surface area contributed by atoms with Crippen LogP contribution >= 0.6 is 22.7 Å². The van der Waals surface area contributed by atoms with Gasteiger partial charge in [0.1, 0.15) is 12.6 Å². The van der Waals surface area contributed by atoms with Crippen LogP contribution in [-0.4, -0.2) is 63.6 Å². The van der Waals surface area contributed by atoms with Crippen molar-refractivity contribution >= 4 is 40.6 Å². The molecule has 0 aliphatic rings. The molecule has 0 saturated carbocycles. The predicted molar refractivity (Wildman–Crippen MR) is 163 cm³/mol. The van der Waals surface area contributed by atoms with Gasteiger partial charge in [-0.25, -0.2) is 14.6 Å². The molecule has 12 heteroatoms. The largest absolute Gasteiger partial charge is 0.444 e. The Morgan fingerprint density at radius 3 is 2.34 bits per heavy atom. The van der Waals surface area contributed by atoms with Crippen LogP contribution in [0.25, 0.3) is 0 Å². The van der Waals surface area contributed by atoms with Gasteiger partial charge in [0, 0.05) is 37.0 Å². The van der Waals surface area contributed by atoms with Crippen LogP contribution in [0, 0.1) is 5.92 Å². The predicted octanol–water partition coefficient (Wildman–Crippen LogP) is 6.13. The van der Waals surface area contributed by atoms with Gasteiger partial charge in [0.2, 0.25) is 0 Å². The molecule has 0 aliphatic carbocycles. The molecule has 2 N–H and O–H groups in total. The highest BCUT2D eigenvalue weighted by atomic mass is 32.1. The van der Waals surface area contributed by atoms with E-state index >= 15 is 0 Å². The van der Waals surface area contributed by atoms with E-state index in [0.717, 1.165) is 22.0 Å². The number of rotatable bonds is 15. The molecular weight excluding hydrogens is 562 g/mol. The number of aromatic nitrogens is 2. The molecule has 3 amide bonds. The van der Waals surface area contributed by atoms with Crippen molar-refractivity contribution in [3.8, 4) is 0 Å². The maximum Gasteiger partial charge on any atom is 0.407 e. The highest BCUT2D eigenvalue weighted by Crippen LogP contribution is 2.21. The van der Waals surface area contributed by atoms with E-state index in [-0.39, 0.29) is 36.8 Å². The Kier molecular flexibility index (Phi) is 13.7. The lowest BCUT2D eigenvalue weighted by Crippen LogP contribution is -2.53. The summed E-state index contributed by atoms with van der Waals surface area (Å²) in [7, 11) is 1.69. The van der Waals surface area contributed by atoms with E-state index in [1.54, 1.807) is 30.1 Å². The van der Waals surface area contributed by atoms with Crippen molar-refractivity contribution in [3.05, 3.63) is 32.7 Å². The molecule has 0 fully saturated rings. The molecule has 230 valence electrons. The lowest BCUT2D eigenvalue weighted by molar-refractivity contribution is -0.129. The van der Waals surface area contributed by atoms with E-state index in [9.17, 15) is 14.4 Å². The van der Waals surface area contributed by atoms with Crippen LogP contribution in [0.1, 0.15) is 96.1 Å². The Bertz CT molecular complexity index is 1100. The molecule has 2 aromatic rings. The van der Waals surface area contributed by atoms with Gasteiger partial charge in [0.05, 0.1) is 39.3 Å². The molecular formula is C29H47N5O5S2. The first kappa shape index (κ1) is 34.6. The van der Waals surface area contributed by atoms with Gasteiger partial charge in [-0.05, 0) is 53.4 Å². The van der Waals surface area contributed by atoms with Gasteiger partial charge in [0.25, 0.3) is 0 Å². The fraction of sp³-hybridized carbons (Fsp3) is 0.690. The van der Waals surface area contributed by atoms with E-state index in [4.69, 9.17) is 9.47 Å². The van der Waals surface area contributed by atoms with Crippen LogP contribution in [0.15, 0.2) is 17.1 Å². The molecule has 2 rings (SSSR count). The van der Waals surface area contributed by atoms with Crippen LogP contribution in [0.4, 0.5) is 9.59 Å². The lowest BCUT2D eigenvalue weighted by Gasteiger charge is -2.32. The Balaban J connectivity index is 1.91. The van der Waals surface area contributed by atoms with Gasteiger partial charge in [-0.1, -0.05) is 20.8 Å². The van der Waals surface area contributed by atoms with E-state index in [0.29, 0.717) is 18.9 Å². The number of carbonyl (C=O) groups excluding carboxylic acids is 3. The zero-order valence-electron chi connectivity index (χ0n) is 25.9. The van der Waals surface area contributed by atoms with Gasteiger partial charge in [0.15, 0.2) is 5.78 Å². The summed E-state index contributed by atoms with van der Waals surface area (Å²) >= 11 is 3.01. The van der Waals surface area contributed by atoms with Gasteiger partial charge in [-0.3, -0.25) is 9.78 Å². The zero-order chi connectivity index (χ0) is 30.7. The number of thiazole rings is 2. The van der Waals surface area contributed by atoms with Crippen LogP contribution < -0.4 is 10.6 Å². The zero-order valence-corrected chi connectivity index (χ0v) is 27.5. The summed E-state index contributed by atoms with van der Waals surface area (Å²) in [5.74, 6) is 0.286. The molecule has 2 aromatic heterocycles. The molecule has 10 nitrogen and oxygen atoms in total. The number of ketones is 1. The third kappa shape index (κ3) is 12.9. The number of hydrogen-bond donors (Lipinski definition) is 2. The number of ether oxygens (including phenoxy) is 2. The third-order valence-corrected chi connectivity index (χ3v) is 8.23. The van der Waals surface area contributed by atoms with Gasteiger partial charge in [-0.15, -0.1) is 22.7 Å². The first-order valence-electron chi connectivity index (χ1n) is 14.1. The van der Waals surface area contributed by atoms with E-state index in [2.05, 4.69) is 34.4 Å². The Morgan fingerprint density at radius 1 is 1.05 bits per heavy atom. The van der Waals surface area contributed by atoms with Crippen molar-refractivity contribution in [2.24, 2.45) is 5.92 Å². The van der Waals surface area contributed by atoms with Crippen molar-refractivity contribution < 1.29 is 23.9 Å². The number of nitrogens with zero attached hydrogens (tertiary/aromatic N) is 3. The standard InChI is InChI=1S/C29H47N5O5S2/c1-18(2)26-32-22(16-40-26)14-34(9)27(36)33-25(21(5)39-29(6,7)8)24(35)12-19(3)10-11-20(4)31-28(37)38-15-23-13-30-17-41-23/h13,16-21,25H,10-12,14-15H2,1-9H3,(H,31,37)(H,33,36)/t19-,20-,21?,25-/m0/s1. The second-order valence-electron chi connectivity index (χ2n) is 12.0. The van der Waals surface area contributed by atoms with Crippen LogP contribution in [0.3, 0.4) is 0 Å². The first-order valence-corrected chi connectivity index (χ1v) is 15.9. The number of amides is 3. The number of carbonyl (C=O) groups is 3. The second kappa shape index (κ2) is 16.2. The van der Waals surface area contributed by atoms with E-state index in [1.165, 1.54) is 16.2 Å². The summed E-state index contributed by atoms with van der Waals surface area (Å²) in [4.78, 5) is 49.7. The number of nitrogens with one attached hydrogen (secondary N) is 2. The highest BCUT2D eigenvalue weighted by molar-refractivity contribution is 7.09. The molecule has 0 aliphatic heterocycles. The van der Waals surface area contributed by atoms with Crippen molar-refractivity contribution in [3.63, 3.8) is 0 Å². The first-order chi connectivity index (χ1) is 19.1. The van der Waals surface area contributed by atoms with E-state index in [1.807, 2.05) is 46.9 Å². The molecule has 1 unspecified atom stereocenters. The van der Waals surface area contributed by atoms with Crippen molar-refractivity contribution in [1.29, 1.82) is 0 Å². The molecule has 0 saturated heterocycles. The number of Topliss-reactive ketones (excluding diaryl/α,β-unsaturated/α-hetero) is 1. The summed E-state index contributed by atoms with van der Waals surface area (Å²) in [6, 6.07) is -1.27. The van der Waals surface area contributed by atoms with Crippen LogP contribution in [0.2, 0.25) is 0 Å². The molecule has 4 atom stereocenters. The van der Waals surface area contributed by atoms with E-state index < -0.39 is 23.8 Å². The lowest BCUT2D eigenvalue weighted by atomic mass is 9.92. The average Bonchev–Trinajstić information content (AvgIpc) is 3.56. The highest BCUT2D eigenvalue weighted by Gasteiger charge is 2.32. The second-order valence-corrected chi connectivity index (χ2v) is 13.9. The fourth-order valence-corrected chi connectivity index (χ4v) is 5.51. The summed E-state index contributed by atoms with van der Waals surface area (Å²) < 4.78 is 11.3. The molecule has 2 heterocycles. The van der Waals surface area contributed by atoms with Crippen molar-refractivity contribution in [2.75, 3.05) is 7.05 Å². The van der Waals surface area contributed by atoms with Crippen LogP contribution in [-0.2, 0) is 27.4 Å². The van der Waals surface area contributed by atoms with Crippen molar-refractivity contribution in [2.45, 2.75) is 118 Å². The van der Waals surface area contributed by atoms with Gasteiger partial charge >= 0.3 is 12.1 Å². The third-order valence-electron chi connectivity index (χ3n) is 6.28. The summed E-state index contributed by atoms with van der Waals surface area (Å²) in [5, 5.41) is 8.75. The molecule has 0 aromatic carbocycles. The summed E-state index contributed by atoms with van der Waals surface area (Å²) in [6.07, 6.45) is 2.35. The summed E-state index contributed by atoms with van der Waals surface area (Å²) in [6.45, 7) is 16.2. The summed E-state index contributed by atoms with van der Waals surface area (Å²) in [5.41, 5.74) is 2.03. The Morgan fingerprint density at radius 2 is 1.76 bits per heavy atom. The van der Waals surface area contributed by atoms with Gasteiger partial charge < -0.3 is 25.0 Å². The Hall–Kier alpha value is -2.57. The van der Waals surface area contributed by atoms with Crippen LogP contribution in [0.5, 0.6) is 0 Å². The monoisotopic (exact) mass is 609 g/mol. The number of alkyl carbamates (subject to hydrolysis) is 1. The minimum absolute atomic E-state index is 0.0448. The smallest absolute Gasteiger partial charge is 0.407 e. The molecule has 41 heavy (non-hydrogen) atoms. The Labute approximate surface area is 252 Å². The number of hydrogen-bond acceptors (Lipinski definition) is 9. The average molecular weight is 610 g/mol. The minimum Gasteiger partial charge on any atom is -0.444 e. The molecule has 0 bridgehead atoms. The maximum atomic E-state index is 13.5. The fourth-order valence-electron chi connectivity index (χ4n) is 4.18.